The molecule has 0 aliphatic heterocycles. The van der Waals surface area contributed by atoms with E-state index in [2.05, 4.69) is 15.3 Å². The largest absolute Gasteiger partial charge is 0.497 e. The molecular formula is C23H22N4O3S2. The third kappa shape index (κ3) is 5.54. The van der Waals surface area contributed by atoms with Crippen LogP contribution in [0.5, 0.6) is 11.5 Å². The van der Waals surface area contributed by atoms with Crippen LogP contribution in [0.25, 0.3) is 11.0 Å². The molecule has 0 saturated heterocycles. The summed E-state index contributed by atoms with van der Waals surface area (Å²) in [6.45, 7) is 2.48. The van der Waals surface area contributed by atoms with Crippen molar-refractivity contribution in [1.82, 2.24) is 19.8 Å². The van der Waals surface area contributed by atoms with Crippen LogP contribution in [0, 0.1) is 6.92 Å². The first kappa shape index (κ1) is 22.0. The van der Waals surface area contributed by atoms with Gasteiger partial charge in [0, 0.05) is 11.3 Å². The lowest BCUT2D eigenvalue weighted by Crippen LogP contribution is -2.00. The van der Waals surface area contributed by atoms with E-state index >= 15 is 0 Å². The van der Waals surface area contributed by atoms with Crippen molar-refractivity contribution in [2.24, 2.45) is 0 Å². The van der Waals surface area contributed by atoms with Gasteiger partial charge < -0.3 is 9.47 Å². The normalized spacial score (nSPS) is 11.3. The molecule has 7 nitrogen and oxygen atoms in total. The first-order valence-electron chi connectivity index (χ1n) is 10.0. The summed E-state index contributed by atoms with van der Waals surface area (Å²) in [5.41, 5.74) is 1.56. The zero-order chi connectivity index (χ0) is 22.3. The molecule has 0 unspecified atom stereocenters. The van der Waals surface area contributed by atoms with E-state index < -0.39 is 0 Å². The number of benzene rings is 2. The van der Waals surface area contributed by atoms with Crippen molar-refractivity contribution >= 4 is 39.9 Å². The second-order valence-electron chi connectivity index (χ2n) is 6.86. The summed E-state index contributed by atoms with van der Waals surface area (Å²) in [5, 5.41) is 12.5. The Morgan fingerprint density at radius 2 is 1.84 bits per heavy atom. The number of fused-ring (bicyclic) bond motifs is 1. The number of methoxy groups -OCH3 is 1. The number of hydrogen-bond donors (Lipinski definition) is 0. The fourth-order valence-corrected chi connectivity index (χ4v) is 4.77. The quantitative estimate of drug-likeness (QED) is 0.141. The minimum atomic E-state index is -0.0519. The molecule has 0 aliphatic carbocycles. The summed E-state index contributed by atoms with van der Waals surface area (Å²) in [5.74, 6) is 3.18. The van der Waals surface area contributed by atoms with Crippen LogP contribution in [0.1, 0.15) is 28.2 Å². The predicted octanol–water partition coefficient (Wildman–Crippen LogP) is 4.96. The lowest BCUT2D eigenvalue weighted by molar-refractivity contribution is 0.104. The minimum Gasteiger partial charge on any atom is -0.497 e. The minimum absolute atomic E-state index is 0.0519. The first-order chi connectivity index (χ1) is 15.6. The van der Waals surface area contributed by atoms with E-state index in [1.165, 1.54) is 11.3 Å². The van der Waals surface area contributed by atoms with Gasteiger partial charge in [0.05, 0.1) is 13.7 Å². The average molecular weight is 467 g/mol. The zero-order valence-electron chi connectivity index (χ0n) is 17.7. The van der Waals surface area contributed by atoms with Crippen molar-refractivity contribution in [2.45, 2.75) is 17.7 Å². The summed E-state index contributed by atoms with van der Waals surface area (Å²) >= 11 is 3.22. The highest BCUT2D eigenvalue weighted by Crippen LogP contribution is 2.25. The van der Waals surface area contributed by atoms with Gasteiger partial charge >= 0.3 is 0 Å². The van der Waals surface area contributed by atoms with Crippen LogP contribution >= 0.6 is 23.1 Å². The number of hydrogen-bond acceptors (Lipinski definition) is 8. The SMILES string of the molecule is COc1ccc(/C=C/C(=O)c2ccc(OCCCSc3nn4c(C)nnc4s3)cc2)cc1. The Hall–Kier alpha value is -3.17. The Morgan fingerprint density at radius 1 is 1.09 bits per heavy atom. The lowest BCUT2D eigenvalue weighted by Gasteiger charge is -2.06. The molecule has 9 heteroatoms. The molecule has 0 atom stereocenters. The van der Waals surface area contributed by atoms with Gasteiger partial charge in [-0.3, -0.25) is 4.79 Å². The standard InChI is InChI=1S/C23H22N4O3S2/c1-16-24-25-22-27(16)26-23(32-22)31-15-3-14-30-20-11-7-18(8-12-20)21(28)13-6-17-4-9-19(29-2)10-5-17/h4-13H,3,14-15H2,1-2H3/b13-6+. The number of nitrogens with zero attached hydrogens (tertiary/aromatic N) is 4. The monoisotopic (exact) mass is 466 g/mol. The van der Waals surface area contributed by atoms with Crippen LogP contribution < -0.4 is 9.47 Å². The maximum atomic E-state index is 12.4. The van der Waals surface area contributed by atoms with E-state index in [1.807, 2.05) is 43.3 Å². The van der Waals surface area contributed by atoms with Gasteiger partial charge in [-0.25, -0.2) is 0 Å². The summed E-state index contributed by atoms with van der Waals surface area (Å²) in [6, 6.07) is 14.8. The predicted molar refractivity (Wildman–Crippen MR) is 127 cm³/mol. The Kier molecular flexibility index (Phi) is 7.18. The summed E-state index contributed by atoms with van der Waals surface area (Å²) in [6.07, 6.45) is 4.25. The van der Waals surface area contributed by atoms with E-state index in [9.17, 15) is 4.79 Å². The van der Waals surface area contributed by atoms with Gasteiger partial charge in [0.1, 0.15) is 11.5 Å². The molecule has 4 rings (SSSR count). The second kappa shape index (κ2) is 10.4. The van der Waals surface area contributed by atoms with Gasteiger partial charge in [-0.1, -0.05) is 41.3 Å². The third-order valence-corrected chi connectivity index (χ3v) is 6.71. The molecule has 2 aromatic heterocycles. The van der Waals surface area contributed by atoms with Gasteiger partial charge in [0.25, 0.3) is 0 Å². The van der Waals surface area contributed by atoms with Gasteiger partial charge in [-0.05, 0) is 61.4 Å². The number of aryl methyl sites for hydroxylation is 1. The van der Waals surface area contributed by atoms with E-state index in [-0.39, 0.29) is 5.78 Å². The molecule has 0 spiro atoms. The van der Waals surface area contributed by atoms with E-state index in [1.54, 1.807) is 47.7 Å². The zero-order valence-corrected chi connectivity index (χ0v) is 19.4. The molecule has 4 aromatic rings. The van der Waals surface area contributed by atoms with Gasteiger partial charge in [-0.2, -0.15) is 4.52 Å². The molecule has 164 valence electrons. The van der Waals surface area contributed by atoms with Crippen molar-refractivity contribution in [1.29, 1.82) is 0 Å². The molecule has 0 amide bonds. The Labute approximate surface area is 194 Å². The van der Waals surface area contributed by atoms with Gasteiger partial charge in [-0.15, -0.1) is 15.3 Å². The van der Waals surface area contributed by atoms with E-state index in [4.69, 9.17) is 9.47 Å². The number of thioether (sulfide) groups is 1. The number of aromatic nitrogens is 4. The summed E-state index contributed by atoms with van der Waals surface area (Å²) < 4.78 is 13.7. The van der Waals surface area contributed by atoms with Crippen molar-refractivity contribution in [3.8, 4) is 11.5 Å². The molecule has 0 aliphatic rings. The highest BCUT2D eigenvalue weighted by Gasteiger charge is 2.09. The Morgan fingerprint density at radius 3 is 2.56 bits per heavy atom. The van der Waals surface area contributed by atoms with Crippen LogP contribution in [0.4, 0.5) is 0 Å². The molecule has 0 N–H and O–H groups in total. The molecule has 2 heterocycles. The van der Waals surface area contributed by atoms with Crippen LogP contribution in [-0.4, -0.2) is 45.1 Å². The molecule has 2 aromatic carbocycles. The molecule has 0 bridgehead atoms. The number of ether oxygens (including phenoxy) is 2. The topological polar surface area (TPSA) is 78.6 Å². The first-order valence-corrected chi connectivity index (χ1v) is 11.8. The van der Waals surface area contributed by atoms with Crippen molar-refractivity contribution < 1.29 is 14.3 Å². The Balaban J connectivity index is 1.20. The fourth-order valence-electron chi connectivity index (χ4n) is 2.86. The maximum absolute atomic E-state index is 12.4. The van der Waals surface area contributed by atoms with Crippen molar-refractivity contribution in [2.75, 3.05) is 19.5 Å². The van der Waals surface area contributed by atoms with Crippen LogP contribution in [0.15, 0.2) is 58.9 Å². The molecule has 32 heavy (non-hydrogen) atoms. The van der Waals surface area contributed by atoms with Crippen LogP contribution in [-0.2, 0) is 0 Å². The molecule has 0 radical (unpaired) electrons. The number of carbonyl (C=O) groups is 1. The van der Waals surface area contributed by atoms with Crippen molar-refractivity contribution in [3.05, 3.63) is 71.6 Å². The maximum Gasteiger partial charge on any atom is 0.235 e. The van der Waals surface area contributed by atoms with Gasteiger partial charge in [0.2, 0.25) is 4.96 Å². The molecular weight excluding hydrogens is 444 g/mol. The third-order valence-electron chi connectivity index (χ3n) is 4.59. The number of rotatable bonds is 10. The highest BCUT2D eigenvalue weighted by molar-refractivity contribution is 8.01. The lowest BCUT2D eigenvalue weighted by atomic mass is 10.1. The summed E-state index contributed by atoms with van der Waals surface area (Å²) in [7, 11) is 1.63. The average Bonchev–Trinajstić information content (AvgIpc) is 3.39. The number of ketones is 1. The van der Waals surface area contributed by atoms with Gasteiger partial charge in [0.15, 0.2) is 15.9 Å². The van der Waals surface area contributed by atoms with Crippen LogP contribution in [0.2, 0.25) is 0 Å². The van der Waals surface area contributed by atoms with E-state index in [0.29, 0.717) is 12.2 Å². The fraction of sp³-hybridized carbons (Fsp3) is 0.217. The Bertz CT molecular complexity index is 1210. The summed E-state index contributed by atoms with van der Waals surface area (Å²) in [4.78, 5) is 13.2. The van der Waals surface area contributed by atoms with E-state index in [0.717, 1.165) is 44.4 Å². The van der Waals surface area contributed by atoms with Crippen LogP contribution in [0.3, 0.4) is 0 Å². The van der Waals surface area contributed by atoms with Crippen molar-refractivity contribution in [3.63, 3.8) is 0 Å². The molecule has 0 saturated carbocycles. The second-order valence-corrected chi connectivity index (χ2v) is 9.15. The number of carbonyl (C=O) groups excluding carboxylic acids is 1. The molecule has 0 fully saturated rings. The smallest absolute Gasteiger partial charge is 0.235 e. The highest BCUT2D eigenvalue weighted by atomic mass is 32.2. The number of allylic oxidation sites excluding steroid dienone is 1.